The van der Waals surface area contributed by atoms with Crippen LogP contribution in [0.1, 0.15) is 12.8 Å². The fraction of sp³-hybridized carbons (Fsp3) is 0.333. The highest BCUT2D eigenvalue weighted by Crippen LogP contribution is 2.26. The zero-order valence-electron chi connectivity index (χ0n) is 7.05. The lowest BCUT2D eigenvalue weighted by molar-refractivity contribution is 0.301. The molecule has 3 rings (SSSR count). The minimum absolute atomic E-state index is 0.431. The van der Waals surface area contributed by atoms with E-state index < -0.39 is 0 Å². The average molecular weight is 175 g/mol. The minimum atomic E-state index is 0.431. The van der Waals surface area contributed by atoms with E-state index >= 15 is 0 Å². The molecule has 4 heteroatoms. The van der Waals surface area contributed by atoms with Gasteiger partial charge in [0, 0.05) is 0 Å². The number of aromatic nitrogens is 3. The van der Waals surface area contributed by atoms with Gasteiger partial charge in [-0.1, -0.05) is 0 Å². The van der Waals surface area contributed by atoms with Crippen molar-refractivity contribution in [2.45, 2.75) is 18.9 Å². The van der Waals surface area contributed by atoms with E-state index in [1.165, 1.54) is 19.2 Å². The zero-order valence-corrected chi connectivity index (χ0v) is 7.05. The van der Waals surface area contributed by atoms with Gasteiger partial charge in [-0.15, -0.1) is 0 Å². The maximum Gasteiger partial charge on any atom is 0.155 e. The quantitative estimate of drug-likeness (QED) is 0.690. The molecule has 0 aliphatic heterocycles. The normalized spacial score (nSPS) is 16.3. The fourth-order valence-corrected chi connectivity index (χ4v) is 1.25. The molecule has 2 heterocycles. The van der Waals surface area contributed by atoms with Crippen molar-refractivity contribution in [2.75, 3.05) is 0 Å². The third kappa shape index (κ3) is 1.24. The summed E-state index contributed by atoms with van der Waals surface area (Å²) >= 11 is 0. The molecular weight excluding hydrogens is 166 g/mol. The summed E-state index contributed by atoms with van der Waals surface area (Å²) in [5.74, 6) is 0.875. The van der Waals surface area contributed by atoms with Gasteiger partial charge in [-0.3, -0.25) is 0 Å². The molecule has 0 spiro atoms. The summed E-state index contributed by atoms with van der Waals surface area (Å²) < 4.78 is 7.33. The van der Waals surface area contributed by atoms with E-state index in [-0.39, 0.29) is 0 Å². The van der Waals surface area contributed by atoms with Crippen LogP contribution in [0.4, 0.5) is 0 Å². The highest BCUT2D eigenvalue weighted by atomic mass is 16.5. The van der Waals surface area contributed by atoms with E-state index in [1.54, 1.807) is 4.52 Å². The van der Waals surface area contributed by atoms with E-state index in [1.807, 2.05) is 18.3 Å². The third-order valence-electron chi connectivity index (χ3n) is 2.07. The van der Waals surface area contributed by atoms with Crippen LogP contribution in [0, 0.1) is 0 Å². The molecule has 2 aromatic rings. The first-order valence-electron chi connectivity index (χ1n) is 4.38. The molecule has 2 aromatic heterocycles. The number of hydrogen-bond donors (Lipinski definition) is 0. The molecule has 66 valence electrons. The van der Waals surface area contributed by atoms with E-state index in [2.05, 4.69) is 10.1 Å². The second-order valence-corrected chi connectivity index (χ2v) is 3.24. The Morgan fingerprint density at radius 2 is 2.31 bits per heavy atom. The van der Waals surface area contributed by atoms with E-state index in [4.69, 9.17) is 4.74 Å². The van der Waals surface area contributed by atoms with Crippen molar-refractivity contribution in [3.05, 3.63) is 24.7 Å². The largest absolute Gasteiger partial charge is 0.489 e. The molecule has 13 heavy (non-hydrogen) atoms. The molecule has 1 saturated carbocycles. The predicted octanol–water partition coefficient (Wildman–Crippen LogP) is 1.27. The van der Waals surface area contributed by atoms with Crippen LogP contribution >= 0.6 is 0 Å². The highest BCUT2D eigenvalue weighted by Gasteiger charge is 2.23. The van der Waals surface area contributed by atoms with E-state index in [0.29, 0.717) is 6.10 Å². The Morgan fingerprint density at radius 3 is 3.15 bits per heavy atom. The third-order valence-corrected chi connectivity index (χ3v) is 2.07. The topological polar surface area (TPSA) is 39.4 Å². The van der Waals surface area contributed by atoms with Gasteiger partial charge in [-0.25, -0.2) is 9.50 Å². The van der Waals surface area contributed by atoms with Gasteiger partial charge in [0.25, 0.3) is 0 Å². The lowest BCUT2D eigenvalue weighted by Crippen LogP contribution is -1.97. The van der Waals surface area contributed by atoms with E-state index in [0.717, 1.165) is 11.4 Å². The summed E-state index contributed by atoms with van der Waals surface area (Å²) in [5, 5.41) is 4.03. The van der Waals surface area contributed by atoms with E-state index in [9.17, 15) is 0 Å². The van der Waals surface area contributed by atoms with Crippen molar-refractivity contribution < 1.29 is 4.74 Å². The number of hydrogen-bond acceptors (Lipinski definition) is 3. The molecule has 0 unspecified atom stereocenters. The van der Waals surface area contributed by atoms with Gasteiger partial charge in [0.05, 0.1) is 12.3 Å². The average Bonchev–Trinajstić information content (AvgIpc) is 2.83. The molecule has 0 N–H and O–H groups in total. The smallest absolute Gasteiger partial charge is 0.155 e. The molecule has 1 fully saturated rings. The van der Waals surface area contributed by atoms with Crippen LogP contribution in [0.5, 0.6) is 5.75 Å². The van der Waals surface area contributed by atoms with Gasteiger partial charge < -0.3 is 4.74 Å². The molecule has 0 radical (unpaired) electrons. The molecule has 4 nitrogen and oxygen atoms in total. The summed E-state index contributed by atoms with van der Waals surface area (Å²) in [7, 11) is 0. The van der Waals surface area contributed by atoms with Crippen LogP contribution in [0.25, 0.3) is 5.65 Å². The summed E-state index contributed by atoms with van der Waals surface area (Å²) in [5.41, 5.74) is 0.850. The number of rotatable bonds is 2. The molecule has 0 aromatic carbocycles. The second-order valence-electron chi connectivity index (χ2n) is 3.24. The number of pyridine rings is 1. The molecule has 1 aliphatic rings. The van der Waals surface area contributed by atoms with Crippen molar-refractivity contribution >= 4 is 5.65 Å². The number of fused-ring (bicyclic) bond motifs is 1. The Bertz CT molecular complexity index is 433. The van der Waals surface area contributed by atoms with Crippen molar-refractivity contribution in [3.63, 3.8) is 0 Å². The van der Waals surface area contributed by atoms with Gasteiger partial charge in [-0.2, -0.15) is 5.10 Å². The predicted molar refractivity (Wildman–Crippen MR) is 46.6 cm³/mol. The van der Waals surface area contributed by atoms with Gasteiger partial charge in [0.2, 0.25) is 0 Å². The lowest BCUT2D eigenvalue weighted by atomic mass is 10.4. The van der Waals surface area contributed by atoms with Gasteiger partial charge >= 0.3 is 0 Å². The fourth-order valence-electron chi connectivity index (χ4n) is 1.25. The number of ether oxygens (including phenoxy) is 1. The lowest BCUT2D eigenvalue weighted by Gasteiger charge is -2.02. The van der Waals surface area contributed by atoms with Crippen molar-refractivity contribution in [3.8, 4) is 5.75 Å². The monoisotopic (exact) mass is 175 g/mol. The van der Waals surface area contributed by atoms with Crippen LogP contribution in [-0.2, 0) is 0 Å². The SMILES string of the molecule is c1nc2ccc(OC3CC3)cn2n1. The van der Waals surface area contributed by atoms with Crippen LogP contribution in [0.2, 0.25) is 0 Å². The molecule has 0 saturated heterocycles. The molecule has 0 atom stereocenters. The van der Waals surface area contributed by atoms with Crippen molar-refractivity contribution in [1.29, 1.82) is 0 Å². The standard InChI is InChI=1S/C9H9N3O/c1-2-7(1)13-8-3-4-9-10-6-11-12(9)5-8/h3-7H,1-2H2. The Hall–Kier alpha value is -1.58. The Morgan fingerprint density at radius 1 is 1.38 bits per heavy atom. The summed E-state index contributed by atoms with van der Waals surface area (Å²) in [6.45, 7) is 0. The molecule has 0 bridgehead atoms. The maximum absolute atomic E-state index is 5.61. The minimum Gasteiger partial charge on any atom is -0.489 e. The van der Waals surface area contributed by atoms with Gasteiger partial charge in [-0.05, 0) is 25.0 Å². The van der Waals surface area contributed by atoms with Crippen LogP contribution in [0.3, 0.4) is 0 Å². The van der Waals surface area contributed by atoms with Crippen LogP contribution < -0.4 is 4.74 Å². The Labute approximate surface area is 75.2 Å². The van der Waals surface area contributed by atoms with Crippen LogP contribution in [0.15, 0.2) is 24.7 Å². The molecule has 0 amide bonds. The Kier molecular flexibility index (Phi) is 1.30. The van der Waals surface area contributed by atoms with Crippen LogP contribution in [-0.4, -0.2) is 20.7 Å². The summed E-state index contributed by atoms with van der Waals surface area (Å²) in [6.07, 6.45) is 6.18. The molecule has 1 aliphatic carbocycles. The van der Waals surface area contributed by atoms with Crippen molar-refractivity contribution in [2.24, 2.45) is 0 Å². The maximum atomic E-state index is 5.61. The first-order chi connectivity index (χ1) is 6.42. The Balaban J connectivity index is 1.99. The van der Waals surface area contributed by atoms with Gasteiger partial charge in [0.15, 0.2) is 5.65 Å². The highest BCUT2D eigenvalue weighted by molar-refractivity contribution is 5.39. The first-order valence-corrected chi connectivity index (χ1v) is 4.38. The number of nitrogens with zero attached hydrogens (tertiary/aromatic N) is 3. The second kappa shape index (κ2) is 2.45. The molecular formula is C9H9N3O. The zero-order chi connectivity index (χ0) is 8.67. The van der Waals surface area contributed by atoms with Gasteiger partial charge in [0.1, 0.15) is 12.1 Å². The first kappa shape index (κ1) is 6.88. The summed E-state index contributed by atoms with van der Waals surface area (Å²) in [6, 6.07) is 3.84. The summed E-state index contributed by atoms with van der Waals surface area (Å²) in [4.78, 5) is 4.05. The van der Waals surface area contributed by atoms with Crippen molar-refractivity contribution in [1.82, 2.24) is 14.6 Å².